The highest BCUT2D eigenvalue weighted by molar-refractivity contribution is 5.65. The van der Waals surface area contributed by atoms with Crippen molar-refractivity contribution >= 4 is 11.8 Å². The highest BCUT2D eigenvalue weighted by Gasteiger charge is 2.25. The first kappa shape index (κ1) is 12.2. The minimum Gasteiger partial charge on any atom is -0.465 e. The van der Waals surface area contributed by atoms with Crippen LogP contribution in [0.2, 0.25) is 0 Å². The van der Waals surface area contributed by atoms with Gasteiger partial charge in [-0.25, -0.2) is 4.79 Å². The Morgan fingerprint density at radius 3 is 3.06 bits per heavy atom. The summed E-state index contributed by atoms with van der Waals surface area (Å²) in [5.74, 6) is 0. The number of benzene rings is 1. The smallest absolute Gasteiger partial charge is 0.407 e. The molecule has 1 amide bonds. The summed E-state index contributed by atoms with van der Waals surface area (Å²) in [6, 6.07) is 7.03. The molecule has 1 heterocycles. The molecule has 0 unspecified atom stereocenters. The van der Waals surface area contributed by atoms with Crippen LogP contribution < -0.4 is 5.73 Å². The predicted octanol–water partition coefficient (Wildman–Crippen LogP) is 1.19. The molecule has 3 N–H and O–H groups in total. The van der Waals surface area contributed by atoms with E-state index in [0.717, 1.165) is 5.56 Å². The number of anilines is 1. The maximum atomic E-state index is 10.9. The second kappa shape index (κ2) is 4.94. The van der Waals surface area contributed by atoms with Gasteiger partial charge in [0.1, 0.15) is 12.2 Å². The van der Waals surface area contributed by atoms with Crippen LogP contribution >= 0.6 is 0 Å². The fourth-order valence-corrected chi connectivity index (χ4v) is 1.90. The van der Waals surface area contributed by atoms with E-state index < -0.39 is 6.09 Å². The second-order valence-electron chi connectivity index (χ2n) is 4.05. The molecule has 0 radical (unpaired) electrons. The Morgan fingerprint density at radius 1 is 1.61 bits per heavy atom. The van der Waals surface area contributed by atoms with Gasteiger partial charge < -0.3 is 20.5 Å². The third-order valence-electron chi connectivity index (χ3n) is 2.91. The fourth-order valence-electron chi connectivity index (χ4n) is 1.90. The Bertz CT molecular complexity index is 510. The van der Waals surface area contributed by atoms with Gasteiger partial charge in [0.25, 0.3) is 0 Å². The molecule has 0 bridgehead atoms. The number of nitrogens with zero attached hydrogens (tertiary/aromatic N) is 2. The Hall–Kier alpha value is -2.26. The maximum absolute atomic E-state index is 10.9. The standard InChI is InChI=1S/C12H13N3O3/c13-6-9-5-8(1-2-10(9)14)11-7-15(12(16)17)3-4-18-11/h1-2,5,11H,3-4,7,14H2,(H,16,17)/t11-/m1/s1. The summed E-state index contributed by atoms with van der Waals surface area (Å²) < 4.78 is 5.53. The highest BCUT2D eigenvalue weighted by atomic mass is 16.5. The zero-order valence-corrected chi connectivity index (χ0v) is 9.67. The van der Waals surface area contributed by atoms with E-state index in [2.05, 4.69) is 0 Å². The number of nitriles is 1. The molecule has 0 aromatic heterocycles. The van der Waals surface area contributed by atoms with Crippen LogP contribution in [-0.2, 0) is 4.74 Å². The van der Waals surface area contributed by atoms with Gasteiger partial charge in [-0.15, -0.1) is 0 Å². The van der Waals surface area contributed by atoms with E-state index in [1.165, 1.54) is 4.90 Å². The number of hydrogen-bond acceptors (Lipinski definition) is 4. The normalized spacial score (nSPS) is 19.3. The molecule has 6 nitrogen and oxygen atoms in total. The average molecular weight is 247 g/mol. The van der Waals surface area contributed by atoms with Gasteiger partial charge in [-0.1, -0.05) is 6.07 Å². The Balaban J connectivity index is 2.21. The van der Waals surface area contributed by atoms with E-state index in [9.17, 15) is 4.79 Å². The van der Waals surface area contributed by atoms with Crippen LogP contribution in [0.25, 0.3) is 0 Å². The number of nitrogens with two attached hydrogens (primary N) is 1. The van der Waals surface area contributed by atoms with Crippen molar-refractivity contribution in [1.82, 2.24) is 4.90 Å². The first-order chi connectivity index (χ1) is 8.61. The van der Waals surface area contributed by atoms with Gasteiger partial charge in [-0.3, -0.25) is 0 Å². The zero-order valence-electron chi connectivity index (χ0n) is 9.67. The summed E-state index contributed by atoms with van der Waals surface area (Å²) in [5.41, 5.74) is 7.19. The first-order valence-electron chi connectivity index (χ1n) is 5.51. The monoisotopic (exact) mass is 247 g/mol. The quantitative estimate of drug-likeness (QED) is 0.726. The molecular weight excluding hydrogens is 234 g/mol. The van der Waals surface area contributed by atoms with Gasteiger partial charge in [0.15, 0.2) is 0 Å². The van der Waals surface area contributed by atoms with Crippen molar-refractivity contribution in [1.29, 1.82) is 5.26 Å². The lowest BCUT2D eigenvalue weighted by molar-refractivity contribution is -0.0232. The average Bonchev–Trinajstić information content (AvgIpc) is 2.39. The molecule has 2 rings (SSSR count). The fraction of sp³-hybridized carbons (Fsp3) is 0.333. The minimum atomic E-state index is -0.959. The number of nitrogen functional groups attached to an aromatic ring is 1. The number of rotatable bonds is 1. The number of morpholine rings is 1. The van der Waals surface area contributed by atoms with Gasteiger partial charge in [0.05, 0.1) is 18.7 Å². The Morgan fingerprint density at radius 2 is 2.39 bits per heavy atom. The van der Waals surface area contributed by atoms with E-state index in [0.29, 0.717) is 24.4 Å². The topological polar surface area (TPSA) is 99.6 Å². The van der Waals surface area contributed by atoms with Crippen LogP contribution in [0.15, 0.2) is 18.2 Å². The van der Waals surface area contributed by atoms with E-state index in [1.807, 2.05) is 6.07 Å². The molecule has 1 aromatic carbocycles. The summed E-state index contributed by atoms with van der Waals surface area (Å²) in [6.07, 6.45) is -1.30. The molecule has 0 aliphatic carbocycles. The third-order valence-corrected chi connectivity index (χ3v) is 2.91. The van der Waals surface area contributed by atoms with Gasteiger partial charge >= 0.3 is 6.09 Å². The van der Waals surface area contributed by atoms with E-state index in [4.69, 9.17) is 20.8 Å². The molecule has 6 heteroatoms. The number of carbonyl (C=O) groups is 1. The number of hydrogen-bond donors (Lipinski definition) is 2. The van der Waals surface area contributed by atoms with E-state index in [1.54, 1.807) is 18.2 Å². The highest BCUT2D eigenvalue weighted by Crippen LogP contribution is 2.25. The minimum absolute atomic E-state index is 0.268. The van der Waals surface area contributed by atoms with E-state index in [-0.39, 0.29) is 12.6 Å². The largest absolute Gasteiger partial charge is 0.465 e. The van der Waals surface area contributed by atoms with Crippen LogP contribution in [0.1, 0.15) is 17.2 Å². The molecule has 1 aromatic rings. The first-order valence-corrected chi connectivity index (χ1v) is 5.51. The van der Waals surface area contributed by atoms with Crippen molar-refractivity contribution in [3.8, 4) is 6.07 Å². The van der Waals surface area contributed by atoms with Crippen molar-refractivity contribution in [2.75, 3.05) is 25.4 Å². The van der Waals surface area contributed by atoms with Crippen LogP contribution in [0.3, 0.4) is 0 Å². The molecule has 1 fully saturated rings. The summed E-state index contributed by atoms with van der Waals surface area (Å²) >= 11 is 0. The molecule has 0 saturated carbocycles. The van der Waals surface area contributed by atoms with Gasteiger partial charge in [-0.2, -0.15) is 5.26 Å². The van der Waals surface area contributed by atoms with Crippen molar-refractivity contribution < 1.29 is 14.6 Å². The number of amides is 1. The Kier molecular flexibility index (Phi) is 3.35. The van der Waals surface area contributed by atoms with Gasteiger partial charge in [0, 0.05) is 12.2 Å². The number of carboxylic acid groups (broad SMARTS) is 1. The van der Waals surface area contributed by atoms with Gasteiger partial charge in [0.2, 0.25) is 0 Å². The maximum Gasteiger partial charge on any atom is 0.407 e. The summed E-state index contributed by atoms with van der Waals surface area (Å²) in [7, 11) is 0. The molecule has 1 aliphatic rings. The molecule has 18 heavy (non-hydrogen) atoms. The molecule has 94 valence electrons. The van der Waals surface area contributed by atoms with Crippen LogP contribution in [0, 0.1) is 11.3 Å². The van der Waals surface area contributed by atoms with Crippen molar-refractivity contribution in [3.63, 3.8) is 0 Å². The van der Waals surface area contributed by atoms with Crippen LogP contribution in [0.4, 0.5) is 10.5 Å². The summed E-state index contributed by atoms with van der Waals surface area (Å²) in [6.45, 7) is 0.985. The predicted molar refractivity (Wildman–Crippen MR) is 63.9 cm³/mol. The lowest BCUT2D eigenvalue weighted by atomic mass is 10.0. The van der Waals surface area contributed by atoms with E-state index >= 15 is 0 Å². The van der Waals surface area contributed by atoms with Crippen molar-refractivity contribution in [3.05, 3.63) is 29.3 Å². The molecule has 1 saturated heterocycles. The summed E-state index contributed by atoms with van der Waals surface area (Å²) in [5, 5.41) is 17.9. The number of ether oxygens (including phenoxy) is 1. The molecule has 0 spiro atoms. The van der Waals surface area contributed by atoms with Crippen molar-refractivity contribution in [2.24, 2.45) is 0 Å². The third kappa shape index (κ3) is 2.36. The summed E-state index contributed by atoms with van der Waals surface area (Å²) in [4.78, 5) is 12.2. The van der Waals surface area contributed by atoms with Gasteiger partial charge in [-0.05, 0) is 17.7 Å². The Labute approximate surface area is 104 Å². The molecular formula is C12H13N3O3. The molecule has 1 aliphatic heterocycles. The van der Waals surface area contributed by atoms with Crippen molar-refractivity contribution in [2.45, 2.75) is 6.10 Å². The second-order valence-corrected chi connectivity index (χ2v) is 4.05. The zero-order chi connectivity index (χ0) is 13.1. The lowest BCUT2D eigenvalue weighted by Crippen LogP contribution is -2.41. The lowest BCUT2D eigenvalue weighted by Gasteiger charge is -2.31. The van der Waals surface area contributed by atoms with Crippen LogP contribution in [-0.4, -0.2) is 35.8 Å². The SMILES string of the molecule is N#Cc1cc([C@H]2CN(C(=O)O)CCO2)ccc1N. The molecule has 1 atom stereocenters. The van der Waals surface area contributed by atoms with Crippen LogP contribution in [0.5, 0.6) is 0 Å².